The molecule has 2 aromatic rings. The lowest BCUT2D eigenvalue weighted by atomic mass is 10.1. The summed E-state index contributed by atoms with van der Waals surface area (Å²) in [5, 5.41) is 6.19. The first-order chi connectivity index (χ1) is 10.7. The lowest BCUT2D eigenvalue weighted by molar-refractivity contribution is -0.121. The molecule has 4 nitrogen and oxygen atoms in total. The van der Waals surface area contributed by atoms with Crippen molar-refractivity contribution in [1.82, 2.24) is 10.3 Å². The SMILES string of the molecule is Cc1cccc(CCC(=O)NC2CCN(c3nccs3)C2)c1. The van der Waals surface area contributed by atoms with Crippen LogP contribution in [-0.2, 0) is 11.2 Å². The van der Waals surface area contributed by atoms with Crippen molar-refractivity contribution < 1.29 is 4.79 Å². The van der Waals surface area contributed by atoms with E-state index in [-0.39, 0.29) is 11.9 Å². The predicted octanol–water partition coefficient (Wildman–Crippen LogP) is 2.78. The fourth-order valence-corrected chi connectivity index (χ4v) is 3.53. The van der Waals surface area contributed by atoms with Gasteiger partial charge in [-0.05, 0) is 25.3 Å². The lowest BCUT2D eigenvalue weighted by Gasteiger charge is -2.15. The zero-order valence-corrected chi connectivity index (χ0v) is 13.6. The van der Waals surface area contributed by atoms with Crippen LogP contribution in [0.1, 0.15) is 24.0 Å². The summed E-state index contributed by atoms with van der Waals surface area (Å²) in [4.78, 5) is 18.7. The minimum atomic E-state index is 0.146. The standard InChI is InChI=1S/C17H21N3OS/c1-13-3-2-4-14(11-13)5-6-16(21)19-15-7-9-20(12-15)17-18-8-10-22-17/h2-4,8,10-11,15H,5-7,9,12H2,1H3,(H,19,21). The second-order valence-electron chi connectivity index (χ2n) is 5.80. The second-order valence-corrected chi connectivity index (χ2v) is 6.68. The molecule has 1 aromatic heterocycles. The molecule has 1 aliphatic heterocycles. The van der Waals surface area contributed by atoms with E-state index >= 15 is 0 Å². The summed E-state index contributed by atoms with van der Waals surface area (Å²) in [5.74, 6) is 0.146. The number of nitrogens with one attached hydrogen (secondary N) is 1. The molecular formula is C17H21N3OS. The van der Waals surface area contributed by atoms with E-state index in [0.29, 0.717) is 6.42 Å². The molecule has 0 saturated carbocycles. The normalized spacial score (nSPS) is 17.7. The second kappa shape index (κ2) is 6.92. The molecule has 1 aromatic carbocycles. The van der Waals surface area contributed by atoms with Gasteiger partial charge in [0.25, 0.3) is 0 Å². The number of amides is 1. The molecule has 0 bridgehead atoms. The third-order valence-corrected chi connectivity index (χ3v) is 4.80. The number of hydrogen-bond donors (Lipinski definition) is 1. The number of anilines is 1. The molecule has 1 atom stereocenters. The number of thiazole rings is 1. The van der Waals surface area contributed by atoms with Gasteiger partial charge in [0.15, 0.2) is 5.13 Å². The number of hydrogen-bond acceptors (Lipinski definition) is 4. The zero-order valence-electron chi connectivity index (χ0n) is 12.8. The van der Waals surface area contributed by atoms with E-state index in [1.807, 2.05) is 17.6 Å². The molecule has 2 heterocycles. The average molecular weight is 315 g/mol. The summed E-state index contributed by atoms with van der Waals surface area (Å²) < 4.78 is 0. The van der Waals surface area contributed by atoms with E-state index in [4.69, 9.17) is 0 Å². The number of rotatable bonds is 5. The molecule has 1 N–H and O–H groups in total. The van der Waals surface area contributed by atoms with E-state index in [2.05, 4.69) is 40.3 Å². The Balaban J connectivity index is 1.44. The molecular weight excluding hydrogens is 294 g/mol. The van der Waals surface area contributed by atoms with Crippen LogP contribution in [-0.4, -0.2) is 30.0 Å². The van der Waals surface area contributed by atoms with Gasteiger partial charge in [-0.2, -0.15) is 0 Å². The van der Waals surface area contributed by atoms with Crippen molar-refractivity contribution in [2.45, 2.75) is 32.2 Å². The van der Waals surface area contributed by atoms with Crippen molar-refractivity contribution in [1.29, 1.82) is 0 Å². The van der Waals surface area contributed by atoms with Crippen LogP contribution in [0.5, 0.6) is 0 Å². The monoisotopic (exact) mass is 315 g/mol. The number of aromatic nitrogens is 1. The Morgan fingerprint density at radius 2 is 2.41 bits per heavy atom. The fraction of sp³-hybridized carbons (Fsp3) is 0.412. The van der Waals surface area contributed by atoms with Crippen molar-refractivity contribution in [2.24, 2.45) is 0 Å². The van der Waals surface area contributed by atoms with Gasteiger partial charge >= 0.3 is 0 Å². The van der Waals surface area contributed by atoms with Crippen molar-refractivity contribution >= 4 is 22.4 Å². The third-order valence-electron chi connectivity index (χ3n) is 3.97. The Bertz CT molecular complexity index is 627. The molecule has 1 aliphatic rings. The largest absolute Gasteiger partial charge is 0.352 e. The van der Waals surface area contributed by atoms with Gasteiger partial charge in [0.05, 0.1) is 0 Å². The van der Waals surface area contributed by atoms with Crippen molar-refractivity contribution in [2.75, 3.05) is 18.0 Å². The minimum Gasteiger partial charge on any atom is -0.352 e. The summed E-state index contributed by atoms with van der Waals surface area (Å²) in [6, 6.07) is 8.60. The lowest BCUT2D eigenvalue weighted by Crippen LogP contribution is -2.37. The first kappa shape index (κ1) is 15.0. The van der Waals surface area contributed by atoms with Gasteiger partial charge in [0.1, 0.15) is 0 Å². The smallest absolute Gasteiger partial charge is 0.220 e. The van der Waals surface area contributed by atoms with Crippen LogP contribution in [0.4, 0.5) is 5.13 Å². The van der Waals surface area contributed by atoms with Gasteiger partial charge in [-0.25, -0.2) is 4.98 Å². The number of carbonyl (C=O) groups is 1. The first-order valence-corrected chi connectivity index (χ1v) is 8.58. The molecule has 1 unspecified atom stereocenters. The van der Waals surface area contributed by atoms with Crippen LogP contribution < -0.4 is 10.2 Å². The van der Waals surface area contributed by atoms with Gasteiger partial charge in [0.2, 0.25) is 5.91 Å². The molecule has 0 aliphatic carbocycles. The highest BCUT2D eigenvalue weighted by Crippen LogP contribution is 2.22. The van der Waals surface area contributed by atoms with Crippen LogP contribution in [0.3, 0.4) is 0 Å². The molecule has 22 heavy (non-hydrogen) atoms. The Kier molecular flexibility index (Phi) is 4.73. The van der Waals surface area contributed by atoms with Crippen LogP contribution in [0.15, 0.2) is 35.8 Å². The first-order valence-electron chi connectivity index (χ1n) is 7.70. The summed E-state index contributed by atoms with van der Waals surface area (Å²) in [6.45, 7) is 3.91. The molecule has 1 amide bonds. The Morgan fingerprint density at radius 3 is 3.18 bits per heavy atom. The van der Waals surface area contributed by atoms with E-state index in [1.165, 1.54) is 11.1 Å². The number of aryl methyl sites for hydroxylation is 2. The van der Waals surface area contributed by atoms with Crippen LogP contribution in [0.25, 0.3) is 0 Å². The molecule has 3 rings (SSSR count). The van der Waals surface area contributed by atoms with E-state index in [1.54, 1.807) is 11.3 Å². The van der Waals surface area contributed by atoms with E-state index in [0.717, 1.165) is 31.1 Å². The van der Waals surface area contributed by atoms with E-state index in [9.17, 15) is 4.79 Å². The third kappa shape index (κ3) is 3.85. The Hall–Kier alpha value is -1.88. The molecule has 1 fully saturated rings. The van der Waals surface area contributed by atoms with Crippen molar-refractivity contribution in [3.05, 3.63) is 47.0 Å². The molecule has 5 heteroatoms. The highest BCUT2D eigenvalue weighted by atomic mass is 32.1. The molecule has 0 spiro atoms. The van der Waals surface area contributed by atoms with Crippen molar-refractivity contribution in [3.8, 4) is 0 Å². The quantitative estimate of drug-likeness (QED) is 0.923. The van der Waals surface area contributed by atoms with Gasteiger partial charge in [-0.3, -0.25) is 4.79 Å². The van der Waals surface area contributed by atoms with Gasteiger partial charge < -0.3 is 10.2 Å². The maximum Gasteiger partial charge on any atom is 0.220 e. The van der Waals surface area contributed by atoms with Gasteiger partial charge in [-0.1, -0.05) is 29.8 Å². The summed E-state index contributed by atoms with van der Waals surface area (Å²) >= 11 is 1.65. The summed E-state index contributed by atoms with van der Waals surface area (Å²) in [5.41, 5.74) is 2.47. The predicted molar refractivity (Wildman–Crippen MR) is 90.4 cm³/mol. The van der Waals surface area contributed by atoms with E-state index < -0.39 is 0 Å². The molecule has 116 valence electrons. The fourth-order valence-electron chi connectivity index (χ4n) is 2.85. The maximum atomic E-state index is 12.1. The highest BCUT2D eigenvalue weighted by molar-refractivity contribution is 7.13. The molecule has 1 saturated heterocycles. The topological polar surface area (TPSA) is 45.2 Å². The Labute approximate surface area is 135 Å². The minimum absolute atomic E-state index is 0.146. The summed E-state index contributed by atoms with van der Waals surface area (Å²) in [6.07, 6.45) is 4.18. The zero-order chi connectivity index (χ0) is 15.4. The Morgan fingerprint density at radius 1 is 1.50 bits per heavy atom. The number of nitrogens with zero attached hydrogens (tertiary/aromatic N) is 2. The van der Waals surface area contributed by atoms with Crippen molar-refractivity contribution in [3.63, 3.8) is 0 Å². The highest BCUT2D eigenvalue weighted by Gasteiger charge is 2.25. The number of carbonyl (C=O) groups excluding carboxylic acids is 1. The van der Waals surface area contributed by atoms with Crippen LogP contribution in [0.2, 0.25) is 0 Å². The summed E-state index contributed by atoms with van der Waals surface area (Å²) in [7, 11) is 0. The molecule has 0 radical (unpaired) electrons. The van der Waals surface area contributed by atoms with Crippen LogP contribution in [0, 0.1) is 6.92 Å². The van der Waals surface area contributed by atoms with Gasteiger partial charge in [-0.15, -0.1) is 11.3 Å². The maximum absolute atomic E-state index is 12.1. The van der Waals surface area contributed by atoms with Gasteiger partial charge in [0, 0.05) is 37.1 Å². The number of benzene rings is 1. The van der Waals surface area contributed by atoms with Crippen LogP contribution >= 0.6 is 11.3 Å². The average Bonchev–Trinajstić information content (AvgIpc) is 3.16.